The Kier molecular flexibility index (Phi) is 7.90. The number of esters is 1. The van der Waals surface area contributed by atoms with Crippen LogP contribution in [0.25, 0.3) is 33.5 Å². The molecule has 40 heavy (non-hydrogen) atoms. The highest BCUT2D eigenvalue weighted by Crippen LogP contribution is 2.43. The van der Waals surface area contributed by atoms with Crippen molar-refractivity contribution in [1.82, 2.24) is 9.66 Å². The van der Waals surface area contributed by atoms with E-state index in [2.05, 4.69) is 21.0 Å². The first-order chi connectivity index (χ1) is 19.3. The molecular formula is C29H23BrClN3O6. The summed E-state index contributed by atoms with van der Waals surface area (Å²) in [6, 6.07) is 18.0. The van der Waals surface area contributed by atoms with Crippen LogP contribution >= 0.6 is 27.5 Å². The number of methoxy groups -OCH3 is 1. The lowest BCUT2D eigenvalue weighted by Gasteiger charge is -2.18. The van der Waals surface area contributed by atoms with E-state index in [0.717, 1.165) is 5.39 Å². The van der Waals surface area contributed by atoms with Gasteiger partial charge in [0.05, 0.1) is 30.8 Å². The van der Waals surface area contributed by atoms with Crippen LogP contribution in [0, 0.1) is 0 Å². The van der Waals surface area contributed by atoms with Gasteiger partial charge in [-0.15, -0.1) is 0 Å². The number of furan rings is 1. The standard InChI is InChI=1S/C29H23BrClN3O6/c1-4-38-22-14-18(24(30)25(31)26(22)39-16(2)29(36)37-3)15-32-34-27(23-13-17-9-5-8-12-21(17)40-23)33-20-11-7-6-10-19(20)28(34)35/h5-16H,4H2,1-3H3/t16-/m1/s1. The van der Waals surface area contributed by atoms with E-state index in [1.165, 1.54) is 18.0 Å². The zero-order valence-electron chi connectivity index (χ0n) is 21.7. The van der Waals surface area contributed by atoms with Crippen molar-refractivity contribution in [2.75, 3.05) is 13.7 Å². The number of halogens is 2. The number of hydrogen-bond donors (Lipinski definition) is 0. The molecule has 5 aromatic rings. The number of benzene rings is 3. The maximum atomic E-state index is 13.6. The number of hydrogen-bond acceptors (Lipinski definition) is 8. The van der Waals surface area contributed by atoms with Gasteiger partial charge in [0, 0.05) is 15.4 Å². The molecule has 0 spiro atoms. The highest BCUT2D eigenvalue weighted by molar-refractivity contribution is 9.10. The number of para-hydroxylation sites is 2. The van der Waals surface area contributed by atoms with Gasteiger partial charge in [-0.3, -0.25) is 4.79 Å². The molecule has 0 saturated heterocycles. The quantitative estimate of drug-likeness (QED) is 0.144. The van der Waals surface area contributed by atoms with Gasteiger partial charge in [0.25, 0.3) is 5.56 Å². The fraction of sp³-hybridized carbons (Fsp3) is 0.172. The second-order valence-electron chi connectivity index (χ2n) is 8.60. The molecule has 0 unspecified atom stereocenters. The molecule has 0 radical (unpaired) electrons. The number of nitrogens with zero attached hydrogens (tertiary/aromatic N) is 3. The lowest BCUT2D eigenvalue weighted by molar-refractivity contribution is -0.147. The van der Waals surface area contributed by atoms with Crippen LogP contribution in [0.2, 0.25) is 5.02 Å². The summed E-state index contributed by atoms with van der Waals surface area (Å²) in [5, 5.41) is 5.92. The first kappa shape index (κ1) is 27.4. The summed E-state index contributed by atoms with van der Waals surface area (Å²) in [6.07, 6.45) is 0.525. The predicted octanol–water partition coefficient (Wildman–Crippen LogP) is 6.45. The maximum absolute atomic E-state index is 13.6. The van der Waals surface area contributed by atoms with Crippen LogP contribution in [0.3, 0.4) is 0 Å². The van der Waals surface area contributed by atoms with Crippen LogP contribution in [0.5, 0.6) is 11.5 Å². The molecule has 0 N–H and O–H groups in total. The van der Waals surface area contributed by atoms with E-state index in [1.54, 1.807) is 38.1 Å². The summed E-state index contributed by atoms with van der Waals surface area (Å²) in [7, 11) is 1.27. The Hall–Kier alpha value is -4.15. The Morgan fingerprint density at radius 3 is 2.70 bits per heavy atom. The van der Waals surface area contributed by atoms with Crippen molar-refractivity contribution in [3.05, 3.63) is 86.1 Å². The largest absolute Gasteiger partial charge is 0.490 e. The van der Waals surface area contributed by atoms with Crippen molar-refractivity contribution >= 4 is 61.6 Å². The van der Waals surface area contributed by atoms with E-state index in [4.69, 9.17) is 35.2 Å². The van der Waals surface area contributed by atoms with Crippen molar-refractivity contribution in [2.24, 2.45) is 5.10 Å². The monoisotopic (exact) mass is 623 g/mol. The Morgan fingerprint density at radius 2 is 1.95 bits per heavy atom. The molecule has 1 atom stereocenters. The molecule has 9 nitrogen and oxygen atoms in total. The lowest BCUT2D eigenvalue weighted by Crippen LogP contribution is -2.25. The van der Waals surface area contributed by atoms with E-state index in [9.17, 15) is 9.59 Å². The molecule has 0 bridgehead atoms. The van der Waals surface area contributed by atoms with E-state index in [-0.39, 0.29) is 27.9 Å². The summed E-state index contributed by atoms with van der Waals surface area (Å²) in [5.74, 6) is 0.498. The third-order valence-electron chi connectivity index (χ3n) is 6.00. The fourth-order valence-corrected chi connectivity index (χ4v) is 4.71. The predicted molar refractivity (Wildman–Crippen MR) is 157 cm³/mol. The van der Waals surface area contributed by atoms with E-state index in [0.29, 0.717) is 38.9 Å². The zero-order valence-corrected chi connectivity index (χ0v) is 24.0. The van der Waals surface area contributed by atoms with Gasteiger partial charge in [-0.1, -0.05) is 41.9 Å². The van der Waals surface area contributed by atoms with Gasteiger partial charge in [-0.2, -0.15) is 9.78 Å². The topological polar surface area (TPSA) is 105 Å². The molecule has 3 aromatic carbocycles. The molecule has 204 valence electrons. The van der Waals surface area contributed by atoms with Crippen molar-refractivity contribution in [2.45, 2.75) is 20.0 Å². The molecule has 0 aliphatic heterocycles. The summed E-state index contributed by atoms with van der Waals surface area (Å²) < 4.78 is 23.9. The Balaban J connectivity index is 1.64. The molecule has 2 aromatic heterocycles. The molecule has 5 rings (SSSR count). The summed E-state index contributed by atoms with van der Waals surface area (Å²) in [5.41, 5.74) is 1.28. The second kappa shape index (κ2) is 11.5. The zero-order chi connectivity index (χ0) is 28.4. The number of carbonyl (C=O) groups excluding carboxylic acids is 1. The van der Waals surface area contributed by atoms with Gasteiger partial charge in [0.2, 0.25) is 5.82 Å². The summed E-state index contributed by atoms with van der Waals surface area (Å²) in [6.45, 7) is 3.65. The molecule has 2 heterocycles. The molecule has 0 aliphatic rings. The van der Waals surface area contributed by atoms with Crippen LogP contribution in [-0.4, -0.2) is 41.7 Å². The highest BCUT2D eigenvalue weighted by Gasteiger charge is 2.23. The average molecular weight is 625 g/mol. The van der Waals surface area contributed by atoms with Gasteiger partial charge < -0.3 is 18.6 Å². The van der Waals surface area contributed by atoms with Crippen LogP contribution in [0.15, 0.2) is 79.4 Å². The van der Waals surface area contributed by atoms with Crippen LogP contribution in [0.1, 0.15) is 19.4 Å². The van der Waals surface area contributed by atoms with Crippen LogP contribution in [0.4, 0.5) is 0 Å². The lowest BCUT2D eigenvalue weighted by atomic mass is 10.2. The normalized spacial score (nSPS) is 12.2. The van der Waals surface area contributed by atoms with Crippen molar-refractivity contribution in [3.63, 3.8) is 0 Å². The molecule has 0 amide bonds. The second-order valence-corrected chi connectivity index (χ2v) is 9.77. The minimum Gasteiger partial charge on any atom is -0.490 e. The molecule has 0 aliphatic carbocycles. The van der Waals surface area contributed by atoms with Gasteiger partial charge in [-0.05, 0) is 60.1 Å². The van der Waals surface area contributed by atoms with Crippen molar-refractivity contribution in [3.8, 4) is 23.1 Å². The van der Waals surface area contributed by atoms with Gasteiger partial charge in [-0.25, -0.2) is 9.78 Å². The number of carbonyl (C=O) groups is 1. The van der Waals surface area contributed by atoms with Crippen molar-refractivity contribution < 1.29 is 23.4 Å². The highest BCUT2D eigenvalue weighted by atomic mass is 79.9. The molecule has 0 saturated carbocycles. The van der Waals surface area contributed by atoms with Crippen LogP contribution in [-0.2, 0) is 9.53 Å². The molecular weight excluding hydrogens is 602 g/mol. The molecule has 11 heteroatoms. The third kappa shape index (κ3) is 5.20. The Bertz CT molecular complexity index is 1800. The van der Waals surface area contributed by atoms with E-state index < -0.39 is 12.1 Å². The van der Waals surface area contributed by atoms with Gasteiger partial charge in [0.1, 0.15) is 10.6 Å². The number of aromatic nitrogens is 2. The number of fused-ring (bicyclic) bond motifs is 2. The van der Waals surface area contributed by atoms with Crippen LogP contribution < -0.4 is 15.0 Å². The first-order valence-corrected chi connectivity index (χ1v) is 13.4. The molecule has 0 fully saturated rings. The first-order valence-electron chi connectivity index (χ1n) is 12.3. The van der Waals surface area contributed by atoms with E-state index >= 15 is 0 Å². The summed E-state index contributed by atoms with van der Waals surface area (Å²) >= 11 is 10.1. The fourth-order valence-electron chi connectivity index (χ4n) is 4.06. The minimum atomic E-state index is -0.929. The number of rotatable bonds is 8. The Labute approximate surface area is 242 Å². The van der Waals surface area contributed by atoms with E-state index in [1.807, 2.05) is 36.4 Å². The Morgan fingerprint density at radius 1 is 1.20 bits per heavy atom. The SMILES string of the molecule is CCOc1cc(C=Nn2c(-c3cc4ccccc4o3)nc3ccccc3c2=O)c(Br)c(Cl)c1O[C@H](C)C(=O)OC. The minimum absolute atomic E-state index is 0.157. The smallest absolute Gasteiger partial charge is 0.346 e. The maximum Gasteiger partial charge on any atom is 0.346 e. The average Bonchev–Trinajstić information content (AvgIpc) is 3.40. The summed E-state index contributed by atoms with van der Waals surface area (Å²) in [4.78, 5) is 30.2. The number of ether oxygens (including phenoxy) is 3. The van der Waals surface area contributed by atoms with Gasteiger partial charge in [0.15, 0.2) is 23.4 Å². The van der Waals surface area contributed by atoms with Gasteiger partial charge >= 0.3 is 5.97 Å². The van der Waals surface area contributed by atoms with Crippen molar-refractivity contribution in [1.29, 1.82) is 0 Å². The third-order valence-corrected chi connectivity index (χ3v) is 7.44.